The third kappa shape index (κ3) is 3.31. The monoisotopic (exact) mass is 343 g/mol. The smallest absolute Gasteiger partial charge is 0.230 e. The van der Waals surface area contributed by atoms with Crippen molar-refractivity contribution in [2.24, 2.45) is 14.1 Å². The van der Waals surface area contributed by atoms with Crippen molar-refractivity contribution in [2.45, 2.75) is 24.3 Å². The minimum atomic E-state index is -0.113. The molecule has 1 aromatic carbocycles. The van der Waals surface area contributed by atoms with Gasteiger partial charge in [0.1, 0.15) is 12.2 Å². The number of aryl methyl sites for hydroxylation is 2. The van der Waals surface area contributed by atoms with E-state index in [0.717, 1.165) is 17.1 Å². The van der Waals surface area contributed by atoms with E-state index in [4.69, 9.17) is 0 Å². The van der Waals surface area contributed by atoms with Gasteiger partial charge < -0.3 is 9.88 Å². The maximum atomic E-state index is 12.3. The van der Waals surface area contributed by atoms with Gasteiger partial charge in [-0.3, -0.25) is 9.48 Å². The molecule has 1 atom stereocenters. The second kappa shape index (κ2) is 7.09. The van der Waals surface area contributed by atoms with Crippen molar-refractivity contribution in [2.75, 3.05) is 5.75 Å². The average molecular weight is 343 g/mol. The number of hydrogen-bond acceptors (Lipinski definition) is 4. The van der Waals surface area contributed by atoms with E-state index in [2.05, 4.69) is 38.3 Å². The highest BCUT2D eigenvalue weighted by molar-refractivity contribution is 8.00. The average Bonchev–Trinajstić information content (AvgIpc) is 3.15. The van der Waals surface area contributed by atoms with Crippen molar-refractivity contribution in [1.82, 2.24) is 24.6 Å². The van der Waals surface area contributed by atoms with Gasteiger partial charge in [0.25, 0.3) is 0 Å². The van der Waals surface area contributed by atoms with Gasteiger partial charge in [-0.05, 0) is 12.5 Å². The number of nitrogens with one attached hydrogen (secondary N) is 1. The number of rotatable bonds is 6. The molecular formula is C17H21N5OS. The number of fused-ring (bicyclic) bond motifs is 1. The van der Waals surface area contributed by atoms with Gasteiger partial charge in [-0.15, -0.1) is 11.8 Å². The van der Waals surface area contributed by atoms with E-state index >= 15 is 0 Å². The molecule has 0 saturated carbocycles. The number of aromatic nitrogens is 4. The third-order valence-electron chi connectivity index (χ3n) is 4.02. The van der Waals surface area contributed by atoms with Crippen molar-refractivity contribution >= 4 is 28.6 Å². The minimum absolute atomic E-state index is 0.00258. The lowest BCUT2D eigenvalue weighted by molar-refractivity contribution is -0.119. The first-order valence-corrected chi connectivity index (χ1v) is 8.88. The molecule has 3 rings (SSSR count). The maximum Gasteiger partial charge on any atom is 0.230 e. The normalized spacial score (nSPS) is 12.5. The Kier molecular flexibility index (Phi) is 4.89. The fourth-order valence-corrected chi connectivity index (χ4v) is 3.70. The quantitative estimate of drug-likeness (QED) is 0.699. The summed E-state index contributed by atoms with van der Waals surface area (Å²) in [6, 6.07) is 8.10. The fourth-order valence-electron chi connectivity index (χ4n) is 2.77. The van der Waals surface area contributed by atoms with Crippen molar-refractivity contribution in [3.8, 4) is 0 Å². The summed E-state index contributed by atoms with van der Waals surface area (Å²) >= 11 is 1.56. The summed E-state index contributed by atoms with van der Waals surface area (Å²) in [5.74, 6) is 1.16. The number of amides is 1. The molecular weight excluding hydrogens is 322 g/mol. The van der Waals surface area contributed by atoms with Gasteiger partial charge in [-0.25, -0.2) is 4.98 Å². The highest BCUT2D eigenvalue weighted by Crippen LogP contribution is 2.29. The van der Waals surface area contributed by atoms with Crippen LogP contribution in [0.25, 0.3) is 10.9 Å². The molecule has 2 heterocycles. The van der Waals surface area contributed by atoms with Gasteiger partial charge in [0.15, 0.2) is 0 Å². The first kappa shape index (κ1) is 16.6. The number of benzene rings is 1. The molecule has 0 aliphatic rings. The van der Waals surface area contributed by atoms with Crippen LogP contribution < -0.4 is 5.32 Å². The van der Waals surface area contributed by atoms with Crippen molar-refractivity contribution in [3.63, 3.8) is 0 Å². The van der Waals surface area contributed by atoms with E-state index in [1.54, 1.807) is 16.4 Å². The molecule has 0 unspecified atom stereocenters. The molecule has 24 heavy (non-hydrogen) atoms. The van der Waals surface area contributed by atoms with Crippen LogP contribution in [0.4, 0.5) is 0 Å². The van der Waals surface area contributed by atoms with Crippen LogP contribution in [0.15, 0.2) is 41.7 Å². The largest absolute Gasteiger partial charge is 0.349 e. The van der Waals surface area contributed by atoms with Crippen LogP contribution in [0.1, 0.15) is 25.2 Å². The Morgan fingerprint density at radius 2 is 2.12 bits per heavy atom. The van der Waals surface area contributed by atoms with Crippen LogP contribution in [0.2, 0.25) is 0 Å². The Labute approximate surface area is 145 Å². The molecule has 0 aliphatic heterocycles. The molecule has 1 N–H and O–H groups in total. The number of carbonyl (C=O) groups excluding carboxylic acids is 1. The van der Waals surface area contributed by atoms with Crippen LogP contribution in [-0.4, -0.2) is 31.0 Å². The van der Waals surface area contributed by atoms with E-state index in [-0.39, 0.29) is 11.9 Å². The molecule has 0 radical (unpaired) electrons. The molecule has 3 aromatic rings. The molecule has 2 aromatic heterocycles. The molecule has 1 amide bonds. The Morgan fingerprint density at radius 3 is 2.83 bits per heavy atom. The van der Waals surface area contributed by atoms with Crippen LogP contribution >= 0.6 is 11.8 Å². The number of hydrogen-bond donors (Lipinski definition) is 1. The standard InChI is InChI=1S/C17H21N5OS/c1-4-13(17-18-11-19-22(17)3)20-16(23)10-24-15-9-21(2)14-8-6-5-7-12(14)15/h5-9,11,13H,4,10H2,1-3H3,(H,20,23)/t13-/m1/s1. The maximum absolute atomic E-state index is 12.3. The Morgan fingerprint density at radius 1 is 1.33 bits per heavy atom. The van der Waals surface area contributed by atoms with Crippen LogP contribution in [0.3, 0.4) is 0 Å². The summed E-state index contributed by atoms with van der Waals surface area (Å²) in [7, 11) is 3.86. The second-order valence-corrected chi connectivity index (χ2v) is 6.70. The Bertz CT molecular complexity index is 854. The first-order chi connectivity index (χ1) is 11.6. The highest BCUT2D eigenvalue weighted by Gasteiger charge is 2.17. The molecule has 0 saturated heterocycles. The minimum Gasteiger partial charge on any atom is -0.349 e. The zero-order chi connectivity index (χ0) is 17.1. The fraction of sp³-hybridized carbons (Fsp3) is 0.353. The molecule has 0 spiro atoms. The Hall–Kier alpha value is -2.28. The highest BCUT2D eigenvalue weighted by atomic mass is 32.2. The summed E-state index contributed by atoms with van der Waals surface area (Å²) in [6.45, 7) is 2.03. The number of carbonyl (C=O) groups is 1. The van der Waals surface area contributed by atoms with E-state index < -0.39 is 0 Å². The molecule has 0 fully saturated rings. The van der Waals surface area contributed by atoms with Gasteiger partial charge in [-0.2, -0.15) is 5.10 Å². The van der Waals surface area contributed by atoms with Gasteiger partial charge in [0.05, 0.1) is 11.8 Å². The molecule has 0 aliphatic carbocycles. The molecule has 126 valence electrons. The molecule has 7 heteroatoms. The summed E-state index contributed by atoms with van der Waals surface area (Å²) < 4.78 is 3.79. The van der Waals surface area contributed by atoms with Gasteiger partial charge in [0, 0.05) is 36.1 Å². The number of thioether (sulfide) groups is 1. The van der Waals surface area contributed by atoms with Gasteiger partial charge in [-0.1, -0.05) is 25.1 Å². The Balaban J connectivity index is 1.65. The zero-order valence-electron chi connectivity index (χ0n) is 14.1. The second-order valence-electron chi connectivity index (χ2n) is 5.68. The number of nitrogens with zero attached hydrogens (tertiary/aromatic N) is 4. The zero-order valence-corrected chi connectivity index (χ0v) is 14.9. The summed E-state index contributed by atoms with van der Waals surface area (Å²) in [5.41, 5.74) is 1.17. The van der Waals surface area contributed by atoms with E-state index in [1.165, 1.54) is 17.2 Å². The van der Waals surface area contributed by atoms with E-state index in [1.807, 2.05) is 33.2 Å². The lowest BCUT2D eigenvalue weighted by atomic mass is 10.2. The SMILES string of the molecule is CC[C@@H](NC(=O)CSc1cn(C)c2ccccc12)c1ncnn1C. The molecule has 0 bridgehead atoms. The first-order valence-electron chi connectivity index (χ1n) is 7.90. The van der Waals surface area contributed by atoms with Crippen molar-refractivity contribution in [1.29, 1.82) is 0 Å². The predicted octanol–water partition coefficient (Wildman–Crippen LogP) is 2.67. The lowest BCUT2D eigenvalue weighted by Gasteiger charge is -2.15. The predicted molar refractivity (Wildman–Crippen MR) is 95.8 cm³/mol. The lowest BCUT2D eigenvalue weighted by Crippen LogP contribution is -2.31. The van der Waals surface area contributed by atoms with Crippen LogP contribution in [0.5, 0.6) is 0 Å². The van der Waals surface area contributed by atoms with Crippen LogP contribution in [-0.2, 0) is 18.9 Å². The topological polar surface area (TPSA) is 64.7 Å². The van der Waals surface area contributed by atoms with E-state index in [9.17, 15) is 4.79 Å². The summed E-state index contributed by atoms with van der Waals surface area (Å²) in [5, 5.41) is 8.29. The number of para-hydroxylation sites is 1. The van der Waals surface area contributed by atoms with Crippen molar-refractivity contribution in [3.05, 3.63) is 42.6 Å². The van der Waals surface area contributed by atoms with Crippen molar-refractivity contribution < 1.29 is 4.79 Å². The van der Waals surface area contributed by atoms with Gasteiger partial charge >= 0.3 is 0 Å². The third-order valence-corrected chi connectivity index (χ3v) is 5.06. The summed E-state index contributed by atoms with van der Waals surface area (Å²) in [4.78, 5) is 17.7. The van der Waals surface area contributed by atoms with Gasteiger partial charge in [0.2, 0.25) is 5.91 Å². The van der Waals surface area contributed by atoms with E-state index in [0.29, 0.717) is 5.75 Å². The van der Waals surface area contributed by atoms with Crippen LogP contribution in [0, 0.1) is 0 Å². The summed E-state index contributed by atoms with van der Waals surface area (Å²) in [6.07, 6.45) is 4.36. The molecule has 6 nitrogen and oxygen atoms in total.